The molecule has 0 aliphatic carbocycles. The van der Waals surface area contributed by atoms with E-state index in [1.807, 2.05) is 13.8 Å². The second kappa shape index (κ2) is 7.85. The van der Waals surface area contributed by atoms with Crippen molar-refractivity contribution in [2.24, 2.45) is 0 Å². The van der Waals surface area contributed by atoms with Crippen LogP contribution in [0.4, 0.5) is 0 Å². The molecule has 0 bridgehead atoms. The average Bonchev–Trinajstić information content (AvgIpc) is 2.43. The van der Waals surface area contributed by atoms with Crippen molar-refractivity contribution < 1.29 is 9.59 Å². The highest BCUT2D eigenvalue weighted by Crippen LogP contribution is 2.14. The number of aryl methyl sites for hydroxylation is 1. The SMILES string of the molecule is CCCc1cc(C(=O)N(CC)CC(=O)NC)cc(Cl)n1. The average molecular weight is 298 g/mol. The highest BCUT2D eigenvalue weighted by Gasteiger charge is 2.18. The van der Waals surface area contributed by atoms with Crippen molar-refractivity contribution in [1.29, 1.82) is 0 Å². The standard InChI is InChI=1S/C14H20ClN3O2/c1-4-6-11-7-10(8-12(15)17-11)14(20)18(5-2)9-13(19)16-3/h7-8H,4-6,9H2,1-3H3,(H,16,19). The number of hydrogen-bond donors (Lipinski definition) is 1. The van der Waals surface area contributed by atoms with E-state index < -0.39 is 0 Å². The second-order valence-corrected chi connectivity index (χ2v) is 4.80. The number of nitrogens with zero attached hydrogens (tertiary/aromatic N) is 2. The van der Waals surface area contributed by atoms with E-state index in [9.17, 15) is 9.59 Å². The van der Waals surface area contributed by atoms with E-state index in [4.69, 9.17) is 11.6 Å². The lowest BCUT2D eigenvalue weighted by molar-refractivity contribution is -0.121. The van der Waals surface area contributed by atoms with Gasteiger partial charge in [0.1, 0.15) is 5.15 Å². The Labute approximate surface area is 124 Å². The maximum atomic E-state index is 12.4. The zero-order valence-corrected chi connectivity index (χ0v) is 12.8. The highest BCUT2D eigenvalue weighted by molar-refractivity contribution is 6.29. The molecule has 0 unspecified atom stereocenters. The molecule has 1 rings (SSSR count). The van der Waals surface area contributed by atoms with E-state index in [2.05, 4.69) is 10.3 Å². The van der Waals surface area contributed by atoms with E-state index in [0.29, 0.717) is 17.3 Å². The van der Waals surface area contributed by atoms with Crippen LogP contribution < -0.4 is 5.32 Å². The van der Waals surface area contributed by atoms with E-state index in [0.717, 1.165) is 18.5 Å². The van der Waals surface area contributed by atoms with Crippen LogP contribution in [0.15, 0.2) is 12.1 Å². The normalized spacial score (nSPS) is 10.2. The molecule has 1 N–H and O–H groups in total. The van der Waals surface area contributed by atoms with Crippen LogP contribution in [0.25, 0.3) is 0 Å². The summed E-state index contributed by atoms with van der Waals surface area (Å²) in [6, 6.07) is 3.28. The molecule has 0 aliphatic rings. The smallest absolute Gasteiger partial charge is 0.254 e. The maximum absolute atomic E-state index is 12.4. The summed E-state index contributed by atoms with van der Waals surface area (Å²) in [7, 11) is 1.54. The Morgan fingerprint density at radius 1 is 1.35 bits per heavy atom. The Morgan fingerprint density at radius 3 is 2.60 bits per heavy atom. The number of amides is 2. The van der Waals surface area contributed by atoms with Crippen molar-refractivity contribution in [2.45, 2.75) is 26.7 Å². The molecule has 0 aliphatic heterocycles. The molecule has 1 heterocycles. The van der Waals surface area contributed by atoms with Crippen LogP contribution in [0.3, 0.4) is 0 Å². The Balaban J connectivity index is 2.96. The minimum Gasteiger partial charge on any atom is -0.358 e. The molecule has 0 spiro atoms. The first kappa shape index (κ1) is 16.4. The minimum atomic E-state index is -0.210. The molecule has 0 fully saturated rings. The van der Waals surface area contributed by atoms with Crippen molar-refractivity contribution in [3.63, 3.8) is 0 Å². The van der Waals surface area contributed by atoms with Gasteiger partial charge in [-0.05, 0) is 25.5 Å². The molecule has 0 radical (unpaired) electrons. The Bertz CT molecular complexity index is 491. The maximum Gasteiger partial charge on any atom is 0.254 e. The molecule has 20 heavy (non-hydrogen) atoms. The van der Waals surface area contributed by atoms with Crippen LogP contribution in [-0.4, -0.2) is 41.8 Å². The third kappa shape index (κ3) is 4.49. The van der Waals surface area contributed by atoms with Crippen molar-refractivity contribution in [1.82, 2.24) is 15.2 Å². The van der Waals surface area contributed by atoms with Gasteiger partial charge in [-0.1, -0.05) is 24.9 Å². The molecule has 0 aromatic carbocycles. The summed E-state index contributed by atoms with van der Waals surface area (Å²) in [5, 5.41) is 2.81. The molecule has 0 saturated heterocycles. The third-order valence-electron chi connectivity index (χ3n) is 2.88. The fourth-order valence-corrected chi connectivity index (χ4v) is 2.05. The molecule has 6 heteroatoms. The number of pyridine rings is 1. The first-order valence-electron chi connectivity index (χ1n) is 6.68. The summed E-state index contributed by atoms with van der Waals surface area (Å²) in [5.41, 5.74) is 1.26. The van der Waals surface area contributed by atoms with Crippen LogP contribution in [-0.2, 0) is 11.2 Å². The van der Waals surface area contributed by atoms with Crippen LogP contribution >= 0.6 is 11.6 Å². The molecule has 0 atom stereocenters. The summed E-state index contributed by atoms with van der Waals surface area (Å²) in [4.78, 5) is 29.5. The molecule has 1 aromatic rings. The summed E-state index contributed by atoms with van der Waals surface area (Å²) in [6.45, 7) is 4.36. The minimum absolute atomic E-state index is 0.0366. The van der Waals surface area contributed by atoms with Gasteiger partial charge in [0.05, 0.1) is 6.54 Å². The van der Waals surface area contributed by atoms with Gasteiger partial charge in [-0.2, -0.15) is 0 Å². The summed E-state index contributed by atoms with van der Waals surface area (Å²) < 4.78 is 0. The number of carbonyl (C=O) groups excluding carboxylic acids is 2. The van der Waals surface area contributed by atoms with Crippen molar-refractivity contribution in [2.75, 3.05) is 20.1 Å². The van der Waals surface area contributed by atoms with Gasteiger partial charge in [0.25, 0.3) is 5.91 Å². The van der Waals surface area contributed by atoms with Gasteiger partial charge in [-0.3, -0.25) is 9.59 Å². The van der Waals surface area contributed by atoms with E-state index >= 15 is 0 Å². The largest absolute Gasteiger partial charge is 0.358 e. The number of likely N-dealkylation sites (N-methyl/N-ethyl adjacent to an activating group) is 2. The number of carbonyl (C=O) groups is 2. The molecule has 110 valence electrons. The van der Waals surface area contributed by atoms with Crippen molar-refractivity contribution in [3.8, 4) is 0 Å². The summed E-state index contributed by atoms with van der Waals surface area (Å²) in [5.74, 6) is -0.410. The van der Waals surface area contributed by atoms with Gasteiger partial charge >= 0.3 is 0 Å². The second-order valence-electron chi connectivity index (χ2n) is 4.41. The fourth-order valence-electron chi connectivity index (χ4n) is 1.82. The number of hydrogen-bond acceptors (Lipinski definition) is 3. The van der Waals surface area contributed by atoms with Gasteiger partial charge in [0.15, 0.2) is 0 Å². The van der Waals surface area contributed by atoms with Crippen LogP contribution in [0.1, 0.15) is 36.3 Å². The zero-order chi connectivity index (χ0) is 15.1. The molecule has 0 saturated carbocycles. The van der Waals surface area contributed by atoms with E-state index in [1.54, 1.807) is 13.1 Å². The lowest BCUT2D eigenvalue weighted by Gasteiger charge is -2.20. The van der Waals surface area contributed by atoms with E-state index in [1.165, 1.54) is 11.0 Å². The van der Waals surface area contributed by atoms with Crippen LogP contribution in [0, 0.1) is 0 Å². The van der Waals surface area contributed by atoms with Crippen molar-refractivity contribution >= 4 is 23.4 Å². The Hall–Kier alpha value is -1.62. The predicted molar refractivity (Wildman–Crippen MR) is 78.9 cm³/mol. The van der Waals surface area contributed by atoms with Gasteiger partial charge in [0, 0.05) is 24.8 Å². The quantitative estimate of drug-likeness (QED) is 0.816. The lowest BCUT2D eigenvalue weighted by Crippen LogP contribution is -2.39. The molecule has 1 aromatic heterocycles. The first-order valence-corrected chi connectivity index (χ1v) is 7.05. The highest BCUT2D eigenvalue weighted by atomic mass is 35.5. The number of rotatable bonds is 6. The Morgan fingerprint density at radius 2 is 2.05 bits per heavy atom. The molecule has 5 nitrogen and oxygen atoms in total. The summed E-state index contributed by atoms with van der Waals surface area (Å²) >= 11 is 5.95. The molecular weight excluding hydrogens is 278 g/mol. The topological polar surface area (TPSA) is 62.3 Å². The van der Waals surface area contributed by atoms with Crippen LogP contribution in [0.2, 0.25) is 5.15 Å². The van der Waals surface area contributed by atoms with E-state index in [-0.39, 0.29) is 18.4 Å². The lowest BCUT2D eigenvalue weighted by atomic mass is 10.1. The van der Waals surface area contributed by atoms with Crippen molar-refractivity contribution in [3.05, 3.63) is 28.5 Å². The molecular formula is C14H20ClN3O2. The number of aromatic nitrogens is 1. The summed E-state index contributed by atoms with van der Waals surface area (Å²) in [6.07, 6.45) is 1.69. The van der Waals surface area contributed by atoms with Crippen LogP contribution in [0.5, 0.6) is 0 Å². The number of halogens is 1. The number of nitrogens with one attached hydrogen (secondary N) is 1. The first-order chi connectivity index (χ1) is 9.51. The van der Waals surface area contributed by atoms with Gasteiger partial charge in [0.2, 0.25) is 5.91 Å². The predicted octanol–water partition coefficient (Wildman–Crippen LogP) is 1.90. The van der Waals surface area contributed by atoms with Gasteiger partial charge < -0.3 is 10.2 Å². The van der Waals surface area contributed by atoms with Gasteiger partial charge in [-0.15, -0.1) is 0 Å². The monoisotopic (exact) mass is 297 g/mol. The van der Waals surface area contributed by atoms with Gasteiger partial charge in [-0.25, -0.2) is 4.98 Å². The third-order valence-corrected chi connectivity index (χ3v) is 3.08. The molecule has 2 amide bonds. The zero-order valence-electron chi connectivity index (χ0n) is 12.1. The Kier molecular flexibility index (Phi) is 6.45. The fraction of sp³-hybridized carbons (Fsp3) is 0.500.